The van der Waals surface area contributed by atoms with Gasteiger partial charge in [-0.1, -0.05) is 39.3 Å². The number of hydrogen-bond donors (Lipinski definition) is 0. The molecule has 0 saturated carbocycles. The van der Waals surface area contributed by atoms with Crippen molar-refractivity contribution >= 4 is 21.9 Å². The summed E-state index contributed by atoms with van der Waals surface area (Å²) in [5, 5.41) is 3.90. The topological polar surface area (TPSA) is 83.7 Å². The fourth-order valence-electron chi connectivity index (χ4n) is 2.31. The molecule has 0 amide bonds. The normalized spacial score (nSPS) is 10.4. The van der Waals surface area contributed by atoms with E-state index in [0.29, 0.717) is 17.3 Å². The molecular weight excluding hydrogens is 404 g/mol. The molecule has 0 fully saturated rings. The maximum atomic E-state index is 12.3. The lowest BCUT2D eigenvalue weighted by atomic mass is 10.2. The van der Waals surface area contributed by atoms with Gasteiger partial charge in [0.25, 0.3) is 5.89 Å². The molecular formula is C18H15BrN2O5. The number of rotatable bonds is 6. The second-order valence-corrected chi connectivity index (χ2v) is 6.05. The number of para-hydroxylation sites is 1. The van der Waals surface area contributed by atoms with Crippen LogP contribution in [-0.2, 0) is 11.3 Å². The van der Waals surface area contributed by atoms with Crippen LogP contribution in [0.2, 0.25) is 0 Å². The number of carbonyl (C=O) groups is 1. The SMILES string of the molecule is COc1cccc(C(=O)OCc2nc(-c3cccc(Br)c3)no2)c1OC. The van der Waals surface area contributed by atoms with Crippen molar-refractivity contribution in [3.05, 3.63) is 58.4 Å². The first-order valence-corrected chi connectivity index (χ1v) is 8.38. The van der Waals surface area contributed by atoms with Crippen LogP contribution in [0.5, 0.6) is 11.5 Å². The average Bonchev–Trinajstić information content (AvgIpc) is 3.14. The van der Waals surface area contributed by atoms with Crippen molar-refractivity contribution < 1.29 is 23.5 Å². The highest BCUT2D eigenvalue weighted by molar-refractivity contribution is 9.10. The molecule has 1 heterocycles. The summed E-state index contributed by atoms with van der Waals surface area (Å²) >= 11 is 3.39. The van der Waals surface area contributed by atoms with Gasteiger partial charge in [-0.3, -0.25) is 0 Å². The predicted octanol–water partition coefficient (Wildman–Crippen LogP) is 3.87. The summed E-state index contributed by atoms with van der Waals surface area (Å²) < 4.78 is 21.7. The lowest BCUT2D eigenvalue weighted by molar-refractivity contribution is 0.0425. The molecule has 0 unspecified atom stereocenters. The Kier molecular flexibility index (Phi) is 5.52. The lowest BCUT2D eigenvalue weighted by Crippen LogP contribution is -2.08. The Labute approximate surface area is 158 Å². The molecule has 7 nitrogen and oxygen atoms in total. The van der Waals surface area contributed by atoms with E-state index >= 15 is 0 Å². The molecule has 134 valence electrons. The third kappa shape index (κ3) is 3.85. The van der Waals surface area contributed by atoms with E-state index < -0.39 is 5.97 Å². The highest BCUT2D eigenvalue weighted by atomic mass is 79.9. The first-order valence-electron chi connectivity index (χ1n) is 7.59. The maximum Gasteiger partial charge on any atom is 0.342 e. The van der Waals surface area contributed by atoms with Gasteiger partial charge in [-0.2, -0.15) is 4.98 Å². The van der Waals surface area contributed by atoms with Gasteiger partial charge in [0.1, 0.15) is 5.56 Å². The van der Waals surface area contributed by atoms with Gasteiger partial charge in [0.05, 0.1) is 14.2 Å². The van der Waals surface area contributed by atoms with E-state index in [1.807, 2.05) is 24.3 Å². The summed E-state index contributed by atoms with van der Waals surface area (Å²) in [5.41, 5.74) is 1.04. The Morgan fingerprint density at radius 2 is 1.96 bits per heavy atom. The molecule has 0 atom stereocenters. The number of ether oxygens (including phenoxy) is 3. The van der Waals surface area contributed by atoms with Gasteiger partial charge < -0.3 is 18.7 Å². The van der Waals surface area contributed by atoms with Crippen LogP contribution in [0.1, 0.15) is 16.2 Å². The molecule has 1 aromatic heterocycles. The van der Waals surface area contributed by atoms with E-state index in [0.717, 1.165) is 10.0 Å². The van der Waals surface area contributed by atoms with Crippen LogP contribution < -0.4 is 9.47 Å². The van der Waals surface area contributed by atoms with Crippen LogP contribution in [0.15, 0.2) is 51.5 Å². The van der Waals surface area contributed by atoms with Crippen molar-refractivity contribution in [3.8, 4) is 22.9 Å². The zero-order chi connectivity index (χ0) is 18.5. The van der Waals surface area contributed by atoms with Crippen molar-refractivity contribution in [2.24, 2.45) is 0 Å². The largest absolute Gasteiger partial charge is 0.493 e. The van der Waals surface area contributed by atoms with E-state index in [9.17, 15) is 4.79 Å². The molecule has 0 saturated heterocycles. The van der Waals surface area contributed by atoms with Crippen LogP contribution >= 0.6 is 15.9 Å². The van der Waals surface area contributed by atoms with E-state index in [1.54, 1.807) is 18.2 Å². The van der Waals surface area contributed by atoms with Gasteiger partial charge in [-0.15, -0.1) is 0 Å². The standard InChI is InChI=1S/C18H15BrN2O5/c1-23-14-8-4-7-13(16(14)24-2)18(22)25-10-15-20-17(21-26-15)11-5-3-6-12(19)9-11/h3-9H,10H2,1-2H3. The Bertz CT molecular complexity index is 925. The number of halogens is 1. The summed E-state index contributed by atoms with van der Waals surface area (Å²) in [5.74, 6) is 0.770. The summed E-state index contributed by atoms with van der Waals surface area (Å²) in [6.45, 7) is -0.153. The van der Waals surface area contributed by atoms with Crippen molar-refractivity contribution in [3.63, 3.8) is 0 Å². The third-order valence-corrected chi connectivity index (χ3v) is 3.99. The molecule has 0 aliphatic rings. The smallest absolute Gasteiger partial charge is 0.342 e. The quantitative estimate of drug-likeness (QED) is 0.561. The number of aromatic nitrogens is 2. The van der Waals surface area contributed by atoms with Gasteiger partial charge in [-0.25, -0.2) is 4.79 Å². The van der Waals surface area contributed by atoms with E-state index in [2.05, 4.69) is 26.1 Å². The van der Waals surface area contributed by atoms with Crippen molar-refractivity contribution in [1.82, 2.24) is 10.1 Å². The van der Waals surface area contributed by atoms with Gasteiger partial charge in [0.2, 0.25) is 5.82 Å². The molecule has 0 N–H and O–H groups in total. The average molecular weight is 419 g/mol. The van der Waals surface area contributed by atoms with Gasteiger partial charge >= 0.3 is 5.97 Å². The van der Waals surface area contributed by atoms with E-state index in [4.69, 9.17) is 18.7 Å². The monoisotopic (exact) mass is 418 g/mol. The lowest BCUT2D eigenvalue weighted by Gasteiger charge is -2.11. The van der Waals surface area contributed by atoms with Crippen LogP contribution in [0, 0.1) is 0 Å². The summed E-state index contributed by atoms with van der Waals surface area (Å²) in [4.78, 5) is 16.6. The molecule has 0 bridgehead atoms. The fraction of sp³-hybridized carbons (Fsp3) is 0.167. The number of carbonyl (C=O) groups excluding carboxylic acids is 1. The number of esters is 1. The molecule has 0 aliphatic carbocycles. The van der Waals surface area contributed by atoms with Gasteiger partial charge in [0, 0.05) is 10.0 Å². The van der Waals surface area contributed by atoms with E-state index in [-0.39, 0.29) is 18.1 Å². The molecule has 26 heavy (non-hydrogen) atoms. The number of methoxy groups -OCH3 is 2. The fourth-order valence-corrected chi connectivity index (χ4v) is 2.71. The Morgan fingerprint density at radius 3 is 2.69 bits per heavy atom. The second-order valence-electron chi connectivity index (χ2n) is 5.14. The number of nitrogens with zero attached hydrogens (tertiary/aromatic N) is 2. The van der Waals surface area contributed by atoms with E-state index in [1.165, 1.54) is 14.2 Å². The van der Waals surface area contributed by atoms with Crippen LogP contribution in [0.4, 0.5) is 0 Å². The second kappa shape index (κ2) is 8.01. The first kappa shape index (κ1) is 17.9. The third-order valence-electron chi connectivity index (χ3n) is 3.50. The minimum Gasteiger partial charge on any atom is -0.493 e. The maximum absolute atomic E-state index is 12.3. The zero-order valence-corrected chi connectivity index (χ0v) is 15.6. The summed E-state index contributed by atoms with van der Waals surface area (Å²) in [6.07, 6.45) is 0. The minimum atomic E-state index is -0.581. The molecule has 3 aromatic rings. The number of benzene rings is 2. The van der Waals surface area contributed by atoms with Crippen LogP contribution in [0.3, 0.4) is 0 Å². The highest BCUT2D eigenvalue weighted by Gasteiger charge is 2.19. The number of hydrogen-bond acceptors (Lipinski definition) is 7. The predicted molar refractivity (Wildman–Crippen MR) is 96.1 cm³/mol. The molecule has 0 aliphatic heterocycles. The molecule has 0 spiro atoms. The van der Waals surface area contributed by atoms with Crippen LogP contribution in [0.25, 0.3) is 11.4 Å². The van der Waals surface area contributed by atoms with Crippen molar-refractivity contribution in [1.29, 1.82) is 0 Å². The van der Waals surface area contributed by atoms with Crippen LogP contribution in [-0.4, -0.2) is 30.3 Å². The van der Waals surface area contributed by atoms with Crippen molar-refractivity contribution in [2.75, 3.05) is 14.2 Å². The Morgan fingerprint density at radius 1 is 1.15 bits per heavy atom. The first-order chi connectivity index (χ1) is 12.6. The Hall–Kier alpha value is -2.87. The molecule has 0 radical (unpaired) electrons. The van der Waals surface area contributed by atoms with Crippen molar-refractivity contribution in [2.45, 2.75) is 6.61 Å². The molecule has 8 heteroatoms. The molecule has 2 aromatic carbocycles. The van der Waals surface area contributed by atoms with Gasteiger partial charge in [-0.05, 0) is 24.3 Å². The summed E-state index contributed by atoms with van der Waals surface area (Å²) in [7, 11) is 2.95. The highest BCUT2D eigenvalue weighted by Crippen LogP contribution is 2.31. The summed E-state index contributed by atoms with van der Waals surface area (Å²) in [6, 6.07) is 12.4. The minimum absolute atomic E-state index is 0.153. The van der Waals surface area contributed by atoms with Gasteiger partial charge in [0.15, 0.2) is 18.1 Å². The zero-order valence-electron chi connectivity index (χ0n) is 14.1. The Balaban J connectivity index is 1.71. The molecule has 3 rings (SSSR count).